The molecule has 1 aliphatic carbocycles. The third kappa shape index (κ3) is 4.20. The molecule has 166 valence electrons. The van der Waals surface area contributed by atoms with Crippen LogP contribution in [-0.4, -0.2) is 27.8 Å². The highest BCUT2D eigenvalue weighted by atomic mass is 35.5. The molecule has 0 aliphatic heterocycles. The van der Waals surface area contributed by atoms with Crippen molar-refractivity contribution in [1.82, 2.24) is 9.99 Å². The Morgan fingerprint density at radius 1 is 1.16 bits per heavy atom. The Labute approximate surface area is 199 Å². The maximum absolute atomic E-state index is 12.3. The van der Waals surface area contributed by atoms with Gasteiger partial charge in [-0.1, -0.05) is 23.2 Å². The van der Waals surface area contributed by atoms with E-state index in [1.54, 1.807) is 29.7 Å². The molecule has 0 radical (unpaired) electrons. The van der Waals surface area contributed by atoms with Crippen LogP contribution in [0.5, 0.6) is 0 Å². The molecule has 0 atom stereocenters. The highest BCUT2D eigenvalue weighted by molar-refractivity contribution is 7.15. The van der Waals surface area contributed by atoms with E-state index in [1.807, 2.05) is 24.5 Å². The number of nitrogens with zero attached hydrogens (tertiary/aromatic N) is 2. The molecule has 1 aliphatic rings. The molecular weight excluding hydrogens is 469 g/mol. The average molecular weight is 490 g/mol. The molecule has 0 saturated heterocycles. The summed E-state index contributed by atoms with van der Waals surface area (Å²) in [4.78, 5) is 25.6. The Hall–Kier alpha value is -2.61. The van der Waals surface area contributed by atoms with Crippen molar-refractivity contribution in [3.8, 4) is 5.00 Å². The van der Waals surface area contributed by atoms with E-state index in [9.17, 15) is 14.7 Å². The van der Waals surface area contributed by atoms with Crippen LogP contribution < -0.4 is 5.43 Å². The van der Waals surface area contributed by atoms with Crippen LogP contribution in [0, 0.1) is 13.8 Å². The van der Waals surface area contributed by atoms with Crippen LogP contribution >= 0.6 is 34.5 Å². The Morgan fingerprint density at radius 3 is 2.62 bits per heavy atom. The second kappa shape index (κ2) is 9.10. The first-order valence-electron chi connectivity index (χ1n) is 10.1. The minimum absolute atomic E-state index is 0.291. The Bertz CT molecular complexity index is 1260. The number of hydrogen-bond donors (Lipinski definition) is 2. The number of amides is 1. The van der Waals surface area contributed by atoms with Crippen molar-refractivity contribution in [2.24, 2.45) is 5.10 Å². The van der Waals surface area contributed by atoms with Crippen molar-refractivity contribution < 1.29 is 14.7 Å². The summed E-state index contributed by atoms with van der Waals surface area (Å²) in [6.07, 6.45) is 5.40. The molecule has 6 nitrogen and oxygen atoms in total. The van der Waals surface area contributed by atoms with Crippen molar-refractivity contribution in [2.75, 3.05) is 0 Å². The minimum atomic E-state index is -0.893. The Morgan fingerprint density at radius 2 is 1.91 bits per heavy atom. The summed E-state index contributed by atoms with van der Waals surface area (Å²) >= 11 is 13.4. The summed E-state index contributed by atoms with van der Waals surface area (Å²) in [6, 6.07) is 6.52. The number of nitrogens with one attached hydrogen (secondary N) is 1. The second-order valence-electron chi connectivity index (χ2n) is 7.69. The molecule has 4 rings (SSSR count). The van der Waals surface area contributed by atoms with Crippen molar-refractivity contribution >= 4 is 52.6 Å². The number of aromatic nitrogens is 1. The van der Waals surface area contributed by atoms with Gasteiger partial charge in [0.05, 0.1) is 21.8 Å². The first kappa shape index (κ1) is 22.6. The Kier molecular flexibility index (Phi) is 6.42. The lowest BCUT2D eigenvalue weighted by molar-refractivity contribution is 0.0695. The number of aryl methyl sites for hydroxylation is 2. The predicted molar refractivity (Wildman–Crippen MR) is 128 cm³/mol. The van der Waals surface area contributed by atoms with E-state index in [2.05, 4.69) is 10.5 Å². The smallest absolute Gasteiger partial charge is 0.339 e. The maximum Gasteiger partial charge on any atom is 0.339 e. The average Bonchev–Trinajstić information content (AvgIpc) is 3.26. The lowest BCUT2D eigenvalue weighted by Gasteiger charge is -2.11. The topological polar surface area (TPSA) is 83.7 Å². The van der Waals surface area contributed by atoms with Crippen molar-refractivity contribution in [1.29, 1.82) is 0 Å². The Balaban J connectivity index is 1.61. The quantitative estimate of drug-likeness (QED) is 0.350. The van der Waals surface area contributed by atoms with Gasteiger partial charge in [-0.3, -0.25) is 4.79 Å². The highest BCUT2D eigenvalue weighted by Crippen LogP contribution is 2.38. The summed E-state index contributed by atoms with van der Waals surface area (Å²) in [5.41, 5.74) is 6.76. The van der Waals surface area contributed by atoms with Gasteiger partial charge in [-0.25, -0.2) is 10.2 Å². The first-order valence-corrected chi connectivity index (χ1v) is 11.7. The van der Waals surface area contributed by atoms with Gasteiger partial charge in [0.25, 0.3) is 5.91 Å². The molecule has 2 N–H and O–H groups in total. The third-order valence-electron chi connectivity index (χ3n) is 5.59. The van der Waals surface area contributed by atoms with Crippen LogP contribution in [0.2, 0.25) is 10.0 Å². The fourth-order valence-electron chi connectivity index (χ4n) is 4.02. The number of hydrazone groups is 1. The lowest BCUT2D eigenvalue weighted by Crippen LogP contribution is -2.17. The molecule has 0 unspecified atom stereocenters. The molecule has 3 aromatic rings. The second-order valence-corrected chi connectivity index (χ2v) is 9.58. The zero-order chi connectivity index (χ0) is 23.0. The van der Waals surface area contributed by atoms with Gasteiger partial charge in [-0.05, 0) is 69.4 Å². The monoisotopic (exact) mass is 489 g/mol. The van der Waals surface area contributed by atoms with E-state index in [0.717, 1.165) is 53.2 Å². The van der Waals surface area contributed by atoms with E-state index in [-0.39, 0.29) is 0 Å². The summed E-state index contributed by atoms with van der Waals surface area (Å²) in [6.45, 7) is 3.85. The van der Waals surface area contributed by atoms with E-state index < -0.39 is 11.9 Å². The summed E-state index contributed by atoms with van der Waals surface area (Å²) < 4.78 is 1.97. The van der Waals surface area contributed by atoms with E-state index >= 15 is 0 Å². The van der Waals surface area contributed by atoms with E-state index in [4.69, 9.17) is 23.2 Å². The van der Waals surface area contributed by atoms with Crippen LogP contribution in [0.4, 0.5) is 0 Å². The van der Waals surface area contributed by atoms with Crippen molar-refractivity contribution in [3.05, 3.63) is 72.8 Å². The number of halogens is 2. The number of rotatable bonds is 5. The SMILES string of the molecule is Cc1cc(C=NNC(=O)c2ccc(Cl)c(Cl)c2)c(C)n1-c1sc2c(c1C(=O)O)CCCC2. The molecule has 2 heterocycles. The summed E-state index contributed by atoms with van der Waals surface area (Å²) in [5.74, 6) is -1.30. The summed E-state index contributed by atoms with van der Waals surface area (Å²) in [5, 5.41) is 15.4. The van der Waals surface area contributed by atoms with Crippen molar-refractivity contribution in [2.45, 2.75) is 39.5 Å². The van der Waals surface area contributed by atoms with Crippen LogP contribution in [0.3, 0.4) is 0 Å². The van der Waals surface area contributed by atoms with Gasteiger partial charge in [-0.15, -0.1) is 11.3 Å². The summed E-state index contributed by atoms with van der Waals surface area (Å²) in [7, 11) is 0. The van der Waals surface area contributed by atoms with Gasteiger partial charge in [0.15, 0.2) is 0 Å². The molecular formula is C23H21Cl2N3O3S. The van der Waals surface area contributed by atoms with Crippen molar-refractivity contribution in [3.63, 3.8) is 0 Å². The molecule has 0 bridgehead atoms. The lowest BCUT2D eigenvalue weighted by atomic mass is 9.95. The van der Waals surface area contributed by atoms with Gasteiger partial charge < -0.3 is 9.67 Å². The minimum Gasteiger partial charge on any atom is -0.478 e. The molecule has 1 amide bonds. The zero-order valence-electron chi connectivity index (χ0n) is 17.5. The van der Waals surface area contributed by atoms with Crippen LogP contribution in [0.25, 0.3) is 5.00 Å². The molecule has 0 fully saturated rings. The number of fused-ring (bicyclic) bond motifs is 1. The van der Waals surface area contributed by atoms with Crippen LogP contribution in [-0.2, 0) is 12.8 Å². The highest BCUT2D eigenvalue weighted by Gasteiger charge is 2.27. The fourth-order valence-corrected chi connectivity index (χ4v) is 5.81. The number of aromatic carboxylic acids is 1. The zero-order valence-corrected chi connectivity index (χ0v) is 19.9. The third-order valence-corrected chi connectivity index (χ3v) is 7.61. The predicted octanol–water partition coefficient (Wildman–Crippen LogP) is 5.80. The van der Waals surface area contributed by atoms with Gasteiger partial charge in [0.2, 0.25) is 0 Å². The normalized spacial score (nSPS) is 13.4. The maximum atomic E-state index is 12.3. The number of hydrogen-bond acceptors (Lipinski definition) is 4. The van der Waals surface area contributed by atoms with Gasteiger partial charge in [-0.2, -0.15) is 5.10 Å². The molecule has 0 spiro atoms. The molecule has 32 heavy (non-hydrogen) atoms. The van der Waals surface area contributed by atoms with Gasteiger partial charge in [0, 0.05) is 27.4 Å². The van der Waals surface area contributed by atoms with Crippen LogP contribution in [0.1, 0.15) is 60.9 Å². The number of benzene rings is 1. The number of carboxylic acids is 1. The standard InChI is InChI=1S/C23H21Cl2N3O3S/c1-12-9-15(11-26-27-21(29)14-7-8-17(24)18(25)10-14)13(2)28(12)22-20(23(30)31)16-5-3-4-6-19(16)32-22/h7-11H,3-6H2,1-2H3,(H,27,29)(H,30,31). The molecule has 0 saturated carbocycles. The number of carbonyl (C=O) groups excluding carboxylic acids is 1. The first-order chi connectivity index (χ1) is 15.3. The number of thiophene rings is 1. The van der Waals surface area contributed by atoms with E-state index in [0.29, 0.717) is 21.2 Å². The van der Waals surface area contributed by atoms with Gasteiger partial charge >= 0.3 is 5.97 Å². The molecule has 1 aromatic carbocycles. The van der Waals surface area contributed by atoms with E-state index in [1.165, 1.54) is 10.9 Å². The largest absolute Gasteiger partial charge is 0.478 e. The fraction of sp³-hybridized carbons (Fsp3) is 0.261. The molecule has 9 heteroatoms. The number of carboxylic acid groups (broad SMARTS) is 1. The number of carbonyl (C=O) groups is 2. The van der Waals surface area contributed by atoms with Crippen LogP contribution in [0.15, 0.2) is 29.4 Å². The molecule has 2 aromatic heterocycles. The van der Waals surface area contributed by atoms with Gasteiger partial charge in [0.1, 0.15) is 5.00 Å².